The fraction of sp³-hybridized carbons (Fsp3) is 0.0508. The standard InChI is InChI=1S/C59H36S/c1-59(2)51-9-4-3-8-44(51)45-24-18-40(32-52(45)59)43-23-14-37-16-26-47-42(22-13-36-17-27-48(43)58(37)57(36)47)39-20-29-54-50(31-39)49-30-38(19-28-53(49)60-54)41-21-12-35-11-10-33-6-5-7-34-15-25-46(41)56(35)55(33)34/h3-32H,1-2H3. The maximum Gasteiger partial charge on any atom is 0.0355 e. The summed E-state index contributed by atoms with van der Waals surface area (Å²) in [5.74, 6) is 0. The van der Waals surface area contributed by atoms with Crippen LogP contribution in [0.5, 0.6) is 0 Å². The van der Waals surface area contributed by atoms with Crippen LogP contribution in [-0.2, 0) is 5.41 Å². The SMILES string of the molecule is CC1(C)c2ccccc2-c2ccc(-c3ccc4ccc5c(-c6ccc7sc8ccc(-c9ccc%10ccc%11cccc%12ccc9c%10c%11%12)cc8c7c6)ccc6ccc3c4c65)cc21. The quantitative estimate of drug-likeness (QED) is 0.157. The molecule has 0 spiro atoms. The molecule has 1 aromatic heterocycles. The molecule has 1 heterocycles. The van der Waals surface area contributed by atoms with Crippen molar-refractivity contribution in [1.82, 2.24) is 0 Å². The maximum absolute atomic E-state index is 2.46. The Kier molecular flexibility index (Phi) is 6.33. The number of hydrogen-bond donors (Lipinski definition) is 0. The molecule has 1 aliphatic carbocycles. The number of fused-ring (bicyclic) bond motifs is 6. The third kappa shape index (κ3) is 4.30. The average Bonchev–Trinajstić information content (AvgIpc) is 3.77. The molecule has 0 bridgehead atoms. The Morgan fingerprint density at radius 1 is 0.300 bits per heavy atom. The topological polar surface area (TPSA) is 0 Å². The molecule has 1 heteroatoms. The second-order valence-electron chi connectivity index (χ2n) is 17.6. The second kappa shape index (κ2) is 11.6. The largest absolute Gasteiger partial charge is 0.135 e. The average molecular weight is 777 g/mol. The van der Waals surface area contributed by atoms with Gasteiger partial charge in [0.2, 0.25) is 0 Å². The van der Waals surface area contributed by atoms with E-state index in [0.717, 1.165) is 0 Å². The van der Waals surface area contributed by atoms with Gasteiger partial charge in [-0.15, -0.1) is 11.3 Å². The highest BCUT2D eigenvalue weighted by Crippen LogP contribution is 2.51. The van der Waals surface area contributed by atoms with E-state index in [1.165, 1.54) is 140 Å². The third-order valence-corrected chi connectivity index (χ3v) is 15.3. The van der Waals surface area contributed by atoms with Crippen molar-refractivity contribution in [2.24, 2.45) is 0 Å². The first-order chi connectivity index (χ1) is 29.5. The van der Waals surface area contributed by atoms with E-state index in [2.05, 4.69) is 196 Å². The van der Waals surface area contributed by atoms with Crippen LogP contribution in [0.4, 0.5) is 0 Å². The molecule has 0 unspecified atom stereocenters. The third-order valence-electron chi connectivity index (χ3n) is 14.2. The predicted molar refractivity (Wildman–Crippen MR) is 261 cm³/mol. The fourth-order valence-corrected chi connectivity index (χ4v) is 12.3. The van der Waals surface area contributed by atoms with E-state index in [1.807, 2.05) is 11.3 Å². The summed E-state index contributed by atoms with van der Waals surface area (Å²) in [6, 6.07) is 69.5. The van der Waals surface area contributed by atoms with Crippen LogP contribution >= 0.6 is 11.3 Å². The van der Waals surface area contributed by atoms with Crippen LogP contribution in [0.1, 0.15) is 25.0 Å². The van der Waals surface area contributed by atoms with Crippen molar-refractivity contribution in [1.29, 1.82) is 0 Å². The van der Waals surface area contributed by atoms with Gasteiger partial charge in [0, 0.05) is 25.6 Å². The Morgan fingerprint density at radius 3 is 1.28 bits per heavy atom. The molecule has 13 aromatic rings. The highest BCUT2D eigenvalue weighted by atomic mass is 32.1. The molecule has 0 saturated carbocycles. The van der Waals surface area contributed by atoms with Gasteiger partial charge in [-0.2, -0.15) is 0 Å². The summed E-state index contributed by atoms with van der Waals surface area (Å²) in [7, 11) is 0. The Hall–Kier alpha value is -7.06. The van der Waals surface area contributed by atoms with Crippen LogP contribution in [0, 0.1) is 0 Å². The zero-order valence-corrected chi connectivity index (χ0v) is 34.0. The zero-order chi connectivity index (χ0) is 39.4. The first-order valence-corrected chi connectivity index (χ1v) is 21.9. The smallest absolute Gasteiger partial charge is 0.0355 e. The lowest BCUT2D eigenvalue weighted by molar-refractivity contribution is 0.660. The molecule has 0 saturated heterocycles. The molecular formula is C59H36S. The van der Waals surface area contributed by atoms with E-state index in [1.54, 1.807) is 0 Å². The fourth-order valence-electron chi connectivity index (χ4n) is 11.3. The molecule has 0 N–H and O–H groups in total. The summed E-state index contributed by atoms with van der Waals surface area (Å²) in [6.07, 6.45) is 0. The zero-order valence-electron chi connectivity index (χ0n) is 33.2. The highest BCUT2D eigenvalue weighted by molar-refractivity contribution is 7.25. The van der Waals surface area contributed by atoms with Crippen molar-refractivity contribution in [3.63, 3.8) is 0 Å². The monoisotopic (exact) mass is 776 g/mol. The number of thiophene rings is 1. The van der Waals surface area contributed by atoms with Gasteiger partial charge >= 0.3 is 0 Å². The van der Waals surface area contributed by atoms with Crippen LogP contribution in [0.2, 0.25) is 0 Å². The minimum absolute atomic E-state index is 0.0410. The molecule has 0 atom stereocenters. The van der Waals surface area contributed by atoms with E-state index in [4.69, 9.17) is 0 Å². The number of rotatable bonds is 3. The van der Waals surface area contributed by atoms with Gasteiger partial charge < -0.3 is 0 Å². The van der Waals surface area contributed by atoms with Crippen molar-refractivity contribution in [2.75, 3.05) is 0 Å². The molecule has 278 valence electrons. The number of hydrogen-bond acceptors (Lipinski definition) is 1. The van der Waals surface area contributed by atoms with Crippen LogP contribution < -0.4 is 0 Å². The lowest BCUT2D eigenvalue weighted by Gasteiger charge is -2.22. The Balaban J connectivity index is 0.923. The Morgan fingerprint density at radius 2 is 0.717 bits per heavy atom. The summed E-state index contributed by atoms with van der Waals surface area (Å²) >= 11 is 1.89. The van der Waals surface area contributed by atoms with E-state index in [-0.39, 0.29) is 5.41 Å². The molecular weight excluding hydrogens is 741 g/mol. The normalized spacial score (nSPS) is 13.6. The highest BCUT2D eigenvalue weighted by Gasteiger charge is 2.35. The summed E-state index contributed by atoms with van der Waals surface area (Å²) < 4.78 is 2.65. The molecule has 60 heavy (non-hydrogen) atoms. The summed E-state index contributed by atoms with van der Waals surface area (Å²) in [5, 5.41) is 18.5. The van der Waals surface area contributed by atoms with Gasteiger partial charge in [0.25, 0.3) is 0 Å². The van der Waals surface area contributed by atoms with Crippen molar-refractivity contribution in [3.05, 3.63) is 193 Å². The van der Waals surface area contributed by atoms with Crippen LogP contribution in [0.25, 0.3) is 129 Å². The van der Waals surface area contributed by atoms with Gasteiger partial charge in [0.1, 0.15) is 0 Å². The number of benzene rings is 12. The van der Waals surface area contributed by atoms with Gasteiger partial charge in [-0.05, 0) is 151 Å². The maximum atomic E-state index is 2.46. The molecule has 0 nitrogen and oxygen atoms in total. The van der Waals surface area contributed by atoms with E-state index < -0.39 is 0 Å². The second-order valence-corrected chi connectivity index (χ2v) is 18.7. The molecule has 12 aromatic carbocycles. The van der Waals surface area contributed by atoms with E-state index >= 15 is 0 Å². The lowest BCUT2D eigenvalue weighted by atomic mass is 9.81. The summed E-state index contributed by atoms with van der Waals surface area (Å²) in [6.45, 7) is 4.74. The first kappa shape index (κ1) is 32.8. The molecule has 0 amide bonds. The van der Waals surface area contributed by atoms with Crippen molar-refractivity contribution < 1.29 is 0 Å². The minimum Gasteiger partial charge on any atom is -0.135 e. The van der Waals surface area contributed by atoms with Gasteiger partial charge in [0.15, 0.2) is 0 Å². The van der Waals surface area contributed by atoms with E-state index in [0.29, 0.717) is 0 Å². The van der Waals surface area contributed by atoms with Gasteiger partial charge in [-0.3, -0.25) is 0 Å². The van der Waals surface area contributed by atoms with Gasteiger partial charge in [-0.25, -0.2) is 0 Å². The lowest BCUT2D eigenvalue weighted by Crippen LogP contribution is -2.14. The van der Waals surface area contributed by atoms with Crippen molar-refractivity contribution in [2.45, 2.75) is 19.3 Å². The Labute approximate surface area is 351 Å². The first-order valence-electron chi connectivity index (χ1n) is 21.1. The van der Waals surface area contributed by atoms with Crippen molar-refractivity contribution >= 4 is 96.1 Å². The molecule has 0 aliphatic heterocycles. The minimum atomic E-state index is -0.0410. The molecule has 14 rings (SSSR count). The van der Waals surface area contributed by atoms with E-state index in [9.17, 15) is 0 Å². The van der Waals surface area contributed by atoms with Crippen LogP contribution in [-0.4, -0.2) is 0 Å². The summed E-state index contributed by atoms with van der Waals surface area (Å²) in [5.41, 5.74) is 13.2. The van der Waals surface area contributed by atoms with Crippen LogP contribution in [0.3, 0.4) is 0 Å². The summed E-state index contributed by atoms with van der Waals surface area (Å²) in [4.78, 5) is 0. The molecule has 1 aliphatic rings. The van der Waals surface area contributed by atoms with Crippen LogP contribution in [0.15, 0.2) is 182 Å². The van der Waals surface area contributed by atoms with Gasteiger partial charge in [0.05, 0.1) is 0 Å². The molecule has 0 radical (unpaired) electrons. The Bertz CT molecular complexity index is 3950. The predicted octanol–water partition coefficient (Wildman–Crippen LogP) is 17.2. The van der Waals surface area contributed by atoms with Crippen molar-refractivity contribution in [3.8, 4) is 44.5 Å². The van der Waals surface area contributed by atoms with Gasteiger partial charge in [-0.1, -0.05) is 166 Å². The molecule has 0 fully saturated rings.